The molecule has 138 valence electrons. The van der Waals surface area contributed by atoms with Crippen LogP contribution in [0, 0.1) is 6.92 Å². The summed E-state index contributed by atoms with van der Waals surface area (Å²) < 4.78 is 10.5. The number of hydrogen-bond acceptors (Lipinski definition) is 7. The van der Waals surface area contributed by atoms with Crippen LogP contribution in [0.2, 0.25) is 0 Å². The number of carbonyl (C=O) groups is 1. The highest BCUT2D eigenvalue weighted by molar-refractivity contribution is 5.97. The number of hydrazone groups is 1. The second kappa shape index (κ2) is 8.14. The third-order valence-corrected chi connectivity index (χ3v) is 4.47. The summed E-state index contributed by atoms with van der Waals surface area (Å²) in [7, 11) is 1.37. The number of aromatic nitrogens is 1. The monoisotopic (exact) mass is 356 g/mol. The van der Waals surface area contributed by atoms with Crippen molar-refractivity contribution in [2.45, 2.75) is 20.4 Å². The lowest BCUT2D eigenvalue weighted by Gasteiger charge is -2.32. The SMILES string of the molecule is C/C=N\N1CCN(Cc2onc(-c3ccc(C)cc3)c2C(=O)OC)CC1. The number of piperazine rings is 1. The van der Waals surface area contributed by atoms with E-state index in [9.17, 15) is 4.79 Å². The first-order valence-corrected chi connectivity index (χ1v) is 8.72. The molecule has 0 N–H and O–H groups in total. The predicted octanol–water partition coefficient (Wildman–Crippen LogP) is 2.56. The molecule has 1 aliphatic rings. The van der Waals surface area contributed by atoms with Crippen LogP contribution in [-0.4, -0.2) is 60.5 Å². The molecule has 3 rings (SSSR count). The molecule has 0 spiro atoms. The minimum Gasteiger partial charge on any atom is -0.465 e. The van der Waals surface area contributed by atoms with Crippen molar-refractivity contribution in [2.24, 2.45) is 5.10 Å². The number of aryl methyl sites for hydroxylation is 1. The Morgan fingerprint density at radius 3 is 2.58 bits per heavy atom. The van der Waals surface area contributed by atoms with E-state index in [1.54, 1.807) is 6.21 Å². The van der Waals surface area contributed by atoms with E-state index >= 15 is 0 Å². The van der Waals surface area contributed by atoms with E-state index in [0.29, 0.717) is 23.6 Å². The summed E-state index contributed by atoms with van der Waals surface area (Å²) in [4.78, 5) is 14.6. The highest BCUT2D eigenvalue weighted by Crippen LogP contribution is 2.27. The zero-order valence-corrected chi connectivity index (χ0v) is 15.4. The van der Waals surface area contributed by atoms with Gasteiger partial charge in [0.25, 0.3) is 0 Å². The number of nitrogens with zero attached hydrogens (tertiary/aromatic N) is 4. The average Bonchev–Trinajstić information content (AvgIpc) is 3.07. The van der Waals surface area contributed by atoms with Crippen LogP contribution in [0.3, 0.4) is 0 Å². The van der Waals surface area contributed by atoms with Crippen LogP contribution in [0.5, 0.6) is 0 Å². The van der Waals surface area contributed by atoms with E-state index in [1.807, 2.05) is 43.1 Å². The van der Waals surface area contributed by atoms with Crippen molar-refractivity contribution in [3.63, 3.8) is 0 Å². The van der Waals surface area contributed by atoms with Gasteiger partial charge in [0.15, 0.2) is 5.76 Å². The lowest BCUT2D eigenvalue weighted by molar-refractivity contribution is 0.0594. The lowest BCUT2D eigenvalue weighted by Crippen LogP contribution is -2.43. The summed E-state index contributed by atoms with van der Waals surface area (Å²) in [5.74, 6) is 0.117. The van der Waals surface area contributed by atoms with E-state index in [1.165, 1.54) is 7.11 Å². The fourth-order valence-corrected chi connectivity index (χ4v) is 3.03. The van der Waals surface area contributed by atoms with Gasteiger partial charge in [-0.3, -0.25) is 9.91 Å². The summed E-state index contributed by atoms with van der Waals surface area (Å²) in [6.45, 7) is 7.83. The molecule has 0 aliphatic carbocycles. The van der Waals surface area contributed by atoms with Crippen molar-refractivity contribution in [1.29, 1.82) is 0 Å². The number of benzene rings is 1. The number of ether oxygens (including phenoxy) is 1. The van der Waals surface area contributed by atoms with Crippen LogP contribution in [0.1, 0.15) is 28.6 Å². The van der Waals surface area contributed by atoms with Gasteiger partial charge in [0.2, 0.25) is 0 Å². The smallest absolute Gasteiger partial charge is 0.343 e. The van der Waals surface area contributed by atoms with Crippen LogP contribution >= 0.6 is 0 Å². The van der Waals surface area contributed by atoms with Crippen LogP contribution in [0.15, 0.2) is 33.9 Å². The first kappa shape index (κ1) is 18.1. The molecule has 1 aliphatic heterocycles. The topological polar surface area (TPSA) is 71.2 Å². The number of rotatable bonds is 5. The lowest BCUT2D eigenvalue weighted by atomic mass is 10.0. The first-order valence-electron chi connectivity index (χ1n) is 8.72. The van der Waals surface area contributed by atoms with Crippen molar-refractivity contribution in [3.05, 3.63) is 41.2 Å². The Hall–Kier alpha value is -2.67. The van der Waals surface area contributed by atoms with E-state index in [4.69, 9.17) is 9.26 Å². The molecule has 26 heavy (non-hydrogen) atoms. The van der Waals surface area contributed by atoms with Gasteiger partial charge in [-0.15, -0.1) is 0 Å². The summed E-state index contributed by atoms with van der Waals surface area (Å²) in [5.41, 5.74) is 2.92. The van der Waals surface area contributed by atoms with Gasteiger partial charge in [-0.2, -0.15) is 5.10 Å². The van der Waals surface area contributed by atoms with Crippen molar-refractivity contribution in [2.75, 3.05) is 33.3 Å². The van der Waals surface area contributed by atoms with Gasteiger partial charge in [0.05, 0.1) is 13.7 Å². The number of methoxy groups -OCH3 is 1. The van der Waals surface area contributed by atoms with Crippen molar-refractivity contribution >= 4 is 12.2 Å². The Balaban J connectivity index is 1.81. The molecule has 2 aromatic rings. The summed E-state index contributed by atoms with van der Waals surface area (Å²) in [6.07, 6.45) is 1.80. The van der Waals surface area contributed by atoms with Crippen LogP contribution in [-0.2, 0) is 11.3 Å². The van der Waals surface area contributed by atoms with Gasteiger partial charge >= 0.3 is 5.97 Å². The van der Waals surface area contributed by atoms with E-state index < -0.39 is 5.97 Å². The van der Waals surface area contributed by atoms with Crippen molar-refractivity contribution < 1.29 is 14.1 Å². The molecule has 7 heteroatoms. The Bertz CT molecular complexity index is 775. The second-order valence-corrected chi connectivity index (χ2v) is 6.29. The highest BCUT2D eigenvalue weighted by atomic mass is 16.5. The number of esters is 1. The Morgan fingerprint density at radius 2 is 1.96 bits per heavy atom. The molecule has 1 aromatic heterocycles. The standard InChI is InChI=1S/C19H24N4O3/c1-4-20-23-11-9-22(10-12-23)13-16-17(19(24)25-3)18(21-26-16)15-7-5-14(2)6-8-15/h4-8H,9-13H2,1-3H3/b20-4-. The molecule has 2 heterocycles. The maximum atomic E-state index is 12.4. The van der Waals surface area contributed by atoms with Crippen molar-refractivity contribution in [3.8, 4) is 11.3 Å². The molecule has 0 radical (unpaired) electrons. The Labute approximate surface area is 153 Å². The fourth-order valence-electron chi connectivity index (χ4n) is 3.03. The number of hydrogen-bond donors (Lipinski definition) is 0. The van der Waals surface area contributed by atoms with Gasteiger partial charge < -0.3 is 9.26 Å². The van der Waals surface area contributed by atoms with E-state index in [2.05, 4.69) is 15.2 Å². The molecule has 1 fully saturated rings. The van der Waals surface area contributed by atoms with E-state index in [-0.39, 0.29) is 0 Å². The van der Waals surface area contributed by atoms with Gasteiger partial charge in [-0.25, -0.2) is 4.79 Å². The van der Waals surface area contributed by atoms with Gasteiger partial charge in [0.1, 0.15) is 11.3 Å². The summed E-state index contributed by atoms with van der Waals surface area (Å²) in [5, 5.41) is 10.5. The third kappa shape index (κ3) is 3.94. The maximum Gasteiger partial charge on any atom is 0.343 e. The molecule has 0 bridgehead atoms. The zero-order valence-electron chi connectivity index (χ0n) is 15.4. The van der Waals surface area contributed by atoms with Crippen LogP contribution in [0.4, 0.5) is 0 Å². The Kier molecular flexibility index (Phi) is 5.68. The molecule has 1 aromatic carbocycles. The van der Waals surface area contributed by atoms with Crippen molar-refractivity contribution in [1.82, 2.24) is 15.1 Å². The van der Waals surface area contributed by atoms with Crippen LogP contribution < -0.4 is 0 Å². The molecular weight excluding hydrogens is 332 g/mol. The molecule has 0 amide bonds. The molecule has 0 saturated carbocycles. The summed E-state index contributed by atoms with van der Waals surface area (Å²) in [6, 6.07) is 7.84. The minimum absolute atomic E-state index is 0.408. The van der Waals surface area contributed by atoms with Crippen LogP contribution in [0.25, 0.3) is 11.3 Å². The summed E-state index contributed by atoms with van der Waals surface area (Å²) >= 11 is 0. The quantitative estimate of drug-likeness (QED) is 0.606. The first-order chi connectivity index (χ1) is 12.6. The van der Waals surface area contributed by atoms with Gasteiger partial charge in [-0.05, 0) is 13.8 Å². The van der Waals surface area contributed by atoms with Gasteiger partial charge in [-0.1, -0.05) is 35.0 Å². The molecule has 7 nitrogen and oxygen atoms in total. The highest BCUT2D eigenvalue weighted by Gasteiger charge is 2.27. The third-order valence-electron chi connectivity index (χ3n) is 4.47. The van der Waals surface area contributed by atoms with Gasteiger partial charge in [0, 0.05) is 38.0 Å². The zero-order chi connectivity index (χ0) is 18.5. The molecule has 0 atom stereocenters. The average molecular weight is 356 g/mol. The molecule has 0 unspecified atom stereocenters. The maximum absolute atomic E-state index is 12.4. The fraction of sp³-hybridized carbons (Fsp3) is 0.421. The Morgan fingerprint density at radius 1 is 1.27 bits per heavy atom. The molecular formula is C19H24N4O3. The predicted molar refractivity (Wildman–Crippen MR) is 99.0 cm³/mol. The number of carbonyl (C=O) groups excluding carboxylic acids is 1. The minimum atomic E-state index is -0.425. The largest absolute Gasteiger partial charge is 0.465 e. The molecule has 1 saturated heterocycles. The normalized spacial score (nSPS) is 15.6. The second-order valence-electron chi connectivity index (χ2n) is 6.29. The van der Waals surface area contributed by atoms with E-state index in [0.717, 1.165) is 37.3 Å².